The van der Waals surface area contributed by atoms with Gasteiger partial charge in [0.2, 0.25) is 5.91 Å². The van der Waals surface area contributed by atoms with Crippen LogP contribution in [0.2, 0.25) is 5.02 Å². The number of nitrogens with one attached hydrogen (secondary N) is 2. The van der Waals surface area contributed by atoms with Gasteiger partial charge in [-0.3, -0.25) is 29.9 Å². The fourth-order valence-corrected chi connectivity index (χ4v) is 3.56. The summed E-state index contributed by atoms with van der Waals surface area (Å²) in [7, 11) is 3.83. The summed E-state index contributed by atoms with van der Waals surface area (Å²) in [4.78, 5) is 26.3. The lowest BCUT2D eigenvalue weighted by Crippen LogP contribution is -2.42. The van der Waals surface area contributed by atoms with Crippen molar-refractivity contribution >= 4 is 35.2 Å². The first-order valence-corrected chi connectivity index (χ1v) is 11.0. The molecule has 1 atom stereocenters. The van der Waals surface area contributed by atoms with E-state index in [4.69, 9.17) is 11.6 Å². The van der Waals surface area contributed by atoms with Gasteiger partial charge in [-0.05, 0) is 69.6 Å². The van der Waals surface area contributed by atoms with Crippen LogP contribution in [0.25, 0.3) is 5.69 Å². The minimum atomic E-state index is -0.461. The molecular formula is C21H22ClFN6O2S. The summed E-state index contributed by atoms with van der Waals surface area (Å²) in [5, 5.41) is 9.48. The molecule has 3 aromatic rings. The third-order valence-electron chi connectivity index (χ3n) is 4.65. The van der Waals surface area contributed by atoms with Gasteiger partial charge in [-0.25, -0.2) is 4.39 Å². The highest BCUT2D eigenvalue weighted by Crippen LogP contribution is 2.26. The van der Waals surface area contributed by atoms with Crippen LogP contribution in [0.4, 0.5) is 4.39 Å². The first-order chi connectivity index (χ1) is 15.3. The Balaban J connectivity index is 1.68. The molecule has 0 radical (unpaired) electrons. The maximum atomic E-state index is 13.4. The maximum Gasteiger partial charge on any atom is 0.269 e. The summed E-state index contributed by atoms with van der Waals surface area (Å²) in [6.45, 7) is 1.97. The fourth-order valence-electron chi connectivity index (χ4n) is 2.68. The number of thioether (sulfide) groups is 1. The van der Waals surface area contributed by atoms with Crippen molar-refractivity contribution in [2.75, 3.05) is 19.8 Å². The van der Waals surface area contributed by atoms with Crippen molar-refractivity contribution in [1.29, 1.82) is 0 Å². The van der Waals surface area contributed by atoms with E-state index in [1.54, 1.807) is 41.0 Å². The predicted molar refractivity (Wildman–Crippen MR) is 121 cm³/mol. The van der Waals surface area contributed by atoms with Gasteiger partial charge < -0.3 is 0 Å². The van der Waals surface area contributed by atoms with E-state index in [0.29, 0.717) is 27.3 Å². The molecule has 2 aromatic carbocycles. The molecule has 0 aliphatic heterocycles. The SMILES string of the molecule is CC(c1nnc(SCC(=O)NNC(=O)c2ccc(Cl)cc2)n1-c1ccc(F)cc1)N(C)C. The lowest BCUT2D eigenvalue weighted by Gasteiger charge is -2.20. The van der Waals surface area contributed by atoms with E-state index in [1.165, 1.54) is 12.1 Å². The summed E-state index contributed by atoms with van der Waals surface area (Å²) in [5.41, 5.74) is 5.77. The van der Waals surface area contributed by atoms with E-state index < -0.39 is 11.8 Å². The average Bonchev–Trinajstić information content (AvgIpc) is 3.20. The zero-order valence-corrected chi connectivity index (χ0v) is 19.2. The molecule has 0 spiro atoms. The number of rotatable bonds is 7. The molecule has 0 aliphatic carbocycles. The van der Waals surface area contributed by atoms with E-state index >= 15 is 0 Å². The first-order valence-electron chi connectivity index (χ1n) is 9.61. The number of amides is 2. The second-order valence-corrected chi connectivity index (χ2v) is 8.47. The van der Waals surface area contributed by atoms with Gasteiger partial charge in [-0.1, -0.05) is 23.4 Å². The van der Waals surface area contributed by atoms with Gasteiger partial charge in [0, 0.05) is 16.3 Å². The van der Waals surface area contributed by atoms with E-state index in [2.05, 4.69) is 21.0 Å². The molecule has 1 unspecified atom stereocenters. The first kappa shape index (κ1) is 23.7. The van der Waals surface area contributed by atoms with Gasteiger partial charge in [-0.2, -0.15) is 0 Å². The largest absolute Gasteiger partial charge is 0.300 e. The van der Waals surface area contributed by atoms with E-state index in [9.17, 15) is 14.0 Å². The Labute approximate surface area is 194 Å². The highest BCUT2D eigenvalue weighted by atomic mass is 35.5. The van der Waals surface area contributed by atoms with Gasteiger partial charge in [0.05, 0.1) is 11.8 Å². The van der Waals surface area contributed by atoms with E-state index in [0.717, 1.165) is 11.8 Å². The van der Waals surface area contributed by atoms with Crippen LogP contribution in [-0.2, 0) is 4.79 Å². The van der Waals surface area contributed by atoms with Crippen LogP contribution in [0.3, 0.4) is 0 Å². The Morgan fingerprint density at radius 1 is 1.09 bits per heavy atom. The van der Waals surface area contributed by atoms with Crippen LogP contribution in [0.5, 0.6) is 0 Å². The predicted octanol–water partition coefficient (Wildman–Crippen LogP) is 3.24. The number of aromatic nitrogens is 3. The zero-order chi connectivity index (χ0) is 23.3. The van der Waals surface area contributed by atoms with Gasteiger partial charge in [-0.15, -0.1) is 10.2 Å². The molecule has 3 rings (SSSR count). The van der Waals surface area contributed by atoms with Crippen molar-refractivity contribution in [3.8, 4) is 5.69 Å². The lowest BCUT2D eigenvalue weighted by molar-refractivity contribution is -0.119. The monoisotopic (exact) mass is 476 g/mol. The number of hydrogen-bond donors (Lipinski definition) is 2. The molecule has 32 heavy (non-hydrogen) atoms. The smallest absolute Gasteiger partial charge is 0.269 e. The van der Waals surface area contributed by atoms with Crippen LogP contribution < -0.4 is 10.9 Å². The van der Waals surface area contributed by atoms with Crippen LogP contribution in [0.15, 0.2) is 53.7 Å². The molecule has 11 heteroatoms. The molecule has 2 amide bonds. The molecule has 168 valence electrons. The van der Waals surface area contributed by atoms with Gasteiger partial charge in [0.15, 0.2) is 11.0 Å². The molecule has 1 aromatic heterocycles. The average molecular weight is 477 g/mol. The number of benzene rings is 2. The fraction of sp³-hybridized carbons (Fsp3) is 0.238. The summed E-state index contributed by atoms with van der Waals surface area (Å²) in [6, 6.07) is 12.2. The molecule has 2 N–H and O–H groups in total. The minimum Gasteiger partial charge on any atom is -0.300 e. The zero-order valence-electron chi connectivity index (χ0n) is 17.7. The third-order valence-corrected chi connectivity index (χ3v) is 5.83. The molecule has 0 aliphatic rings. The van der Waals surface area contributed by atoms with E-state index in [-0.39, 0.29) is 17.6 Å². The molecule has 0 saturated heterocycles. The Hall–Kier alpha value is -2.95. The van der Waals surface area contributed by atoms with Crippen molar-refractivity contribution in [1.82, 2.24) is 30.5 Å². The van der Waals surface area contributed by atoms with Crippen LogP contribution in [0, 0.1) is 5.82 Å². The Kier molecular flexibility index (Phi) is 7.84. The number of halogens is 2. The molecule has 0 bridgehead atoms. The van der Waals surface area contributed by atoms with Gasteiger partial charge >= 0.3 is 0 Å². The normalized spacial score (nSPS) is 11.9. The molecular weight excluding hydrogens is 455 g/mol. The van der Waals surface area contributed by atoms with Crippen LogP contribution in [-0.4, -0.2) is 51.3 Å². The summed E-state index contributed by atoms with van der Waals surface area (Å²) in [6.07, 6.45) is 0. The number of nitrogens with zero attached hydrogens (tertiary/aromatic N) is 4. The summed E-state index contributed by atoms with van der Waals surface area (Å²) >= 11 is 6.96. The van der Waals surface area contributed by atoms with Crippen molar-refractivity contribution in [2.45, 2.75) is 18.1 Å². The van der Waals surface area contributed by atoms with E-state index in [1.807, 2.05) is 25.9 Å². The maximum absolute atomic E-state index is 13.4. The topological polar surface area (TPSA) is 92.1 Å². The lowest BCUT2D eigenvalue weighted by atomic mass is 10.2. The second kappa shape index (κ2) is 10.6. The van der Waals surface area contributed by atoms with Crippen molar-refractivity contribution in [2.24, 2.45) is 0 Å². The molecule has 0 saturated carbocycles. The minimum absolute atomic E-state index is 0.0173. The Morgan fingerprint density at radius 3 is 2.38 bits per heavy atom. The third kappa shape index (κ3) is 5.84. The number of carbonyl (C=O) groups excluding carboxylic acids is 2. The van der Waals surface area contributed by atoms with Crippen molar-refractivity contribution in [3.63, 3.8) is 0 Å². The van der Waals surface area contributed by atoms with Gasteiger partial charge in [0.1, 0.15) is 5.82 Å². The summed E-state index contributed by atoms with van der Waals surface area (Å²) < 4.78 is 15.2. The highest BCUT2D eigenvalue weighted by molar-refractivity contribution is 7.99. The Morgan fingerprint density at radius 2 is 1.75 bits per heavy atom. The summed E-state index contributed by atoms with van der Waals surface area (Å²) in [5.74, 6) is -0.601. The quantitative estimate of drug-likeness (QED) is 0.402. The Bertz CT molecular complexity index is 1090. The standard InChI is InChI=1S/C21H22ClFN6O2S/c1-13(28(2)3)19-25-27-21(29(19)17-10-8-16(23)9-11-17)32-12-18(30)24-26-20(31)14-4-6-15(22)7-5-14/h4-11,13H,12H2,1-3H3,(H,24,30)(H,26,31). The molecule has 8 nitrogen and oxygen atoms in total. The van der Waals surface area contributed by atoms with Crippen molar-refractivity contribution in [3.05, 3.63) is 70.8 Å². The molecule has 1 heterocycles. The van der Waals surface area contributed by atoms with Crippen molar-refractivity contribution < 1.29 is 14.0 Å². The number of hydrogen-bond acceptors (Lipinski definition) is 6. The number of carbonyl (C=O) groups is 2. The van der Waals surface area contributed by atoms with Gasteiger partial charge in [0.25, 0.3) is 5.91 Å². The highest BCUT2D eigenvalue weighted by Gasteiger charge is 2.21. The second-order valence-electron chi connectivity index (χ2n) is 7.09. The number of hydrazine groups is 1. The van der Waals surface area contributed by atoms with Crippen LogP contribution in [0.1, 0.15) is 29.1 Å². The molecule has 0 fully saturated rings. The van der Waals surface area contributed by atoms with Crippen LogP contribution >= 0.6 is 23.4 Å².